The van der Waals surface area contributed by atoms with E-state index in [9.17, 15) is 4.79 Å². The van der Waals surface area contributed by atoms with Gasteiger partial charge in [0.05, 0.1) is 0 Å². The van der Waals surface area contributed by atoms with Crippen molar-refractivity contribution in [2.45, 2.75) is 18.8 Å². The van der Waals surface area contributed by atoms with Gasteiger partial charge >= 0.3 is 6.09 Å². The van der Waals surface area contributed by atoms with Crippen molar-refractivity contribution in [2.75, 3.05) is 13.1 Å². The fraction of sp³-hybridized carbons (Fsp3) is 0.250. The zero-order valence-electron chi connectivity index (χ0n) is 14.2. The molecule has 6 nitrogen and oxygen atoms in total. The van der Waals surface area contributed by atoms with Gasteiger partial charge in [-0.1, -0.05) is 59.8 Å². The first kappa shape index (κ1) is 16.3. The minimum absolute atomic E-state index is 0.121. The second-order valence-electron chi connectivity index (χ2n) is 6.44. The summed E-state index contributed by atoms with van der Waals surface area (Å²) in [5.74, 6) is 1.29. The highest BCUT2D eigenvalue weighted by Crippen LogP contribution is 2.29. The van der Waals surface area contributed by atoms with Crippen LogP contribution in [0.1, 0.15) is 24.7 Å². The van der Waals surface area contributed by atoms with E-state index in [0.29, 0.717) is 37.6 Å². The molecule has 1 amide bonds. The van der Waals surface area contributed by atoms with Gasteiger partial charge in [-0.3, -0.25) is 0 Å². The topological polar surface area (TPSA) is 79.5 Å². The SMILES string of the molecule is O=C(O)N1CCC(c2nc(-c3ccc(-c4ccccc4)cc3)no2)CC1. The van der Waals surface area contributed by atoms with Crippen LogP contribution in [0.25, 0.3) is 22.5 Å². The van der Waals surface area contributed by atoms with Crippen molar-refractivity contribution in [3.63, 3.8) is 0 Å². The summed E-state index contributed by atoms with van der Waals surface area (Å²) in [4.78, 5) is 17.0. The van der Waals surface area contributed by atoms with E-state index in [1.807, 2.05) is 42.5 Å². The van der Waals surface area contributed by atoms with Crippen LogP contribution in [0.5, 0.6) is 0 Å². The summed E-state index contributed by atoms with van der Waals surface area (Å²) < 4.78 is 5.44. The number of carboxylic acid groups (broad SMARTS) is 1. The zero-order valence-corrected chi connectivity index (χ0v) is 14.2. The number of rotatable bonds is 3. The summed E-state index contributed by atoms with van der Waals surface area (Å²) in [6, 6.07) is 18.3. The molecule has 1 aliphatic heterocycles. The Morgan fingerprint density at radius 2 is 1.58 bits per heavy atom. The molecule has 0 unspecified atom stereocenters. The third kappa shape index (κ3) is 3.31. The lowest BCUT2D eigenvalue weighted by Gasteiger charge is -2.27. The van der Waals surface area contributed by atoms with Crippen molar-refractivity contribution >= 4 is 6.09 Å². The Kier molecular flexibility index (Phi) is 4.39. The third-order valence-electron chi connectivity index (χ3n) is 4.81. The molecular formula is C20H19N3O3. The molecule has 3 aromatic rings. The van der Waals surface area contributed by atoms with Crippen LogP contribution in [0.2, 0.25) is 0 Å². The lowest BCUT2D eigenvalue weighted by molar-refractivity contribution is 0.128. The molecule has 6 heteroatoms. The van der Waals surface area contributed by atoms with Crippen molar-refractivity contribution < 1.29 is 14.4 Å². The summed E-state index contributed by atoms with van der Waals surface area (Å²) in [7, 11) is 0. The molecule has 0 atom stereocenters. The van der Waals surface area contributed by atoms with Gasteiger partial charge in [-0.15, -0.1) is 0 Å². The van der Waals surface area contributed by atoms with Crippen LogP contribution < -0.4 is 0 Å². The number of hydrogen-bond donors (Lipinski definition) is 1. The van der Waals surface area contributed by atoms with E-state index in [4.69, 9.17) is 9.63 Å². The Balaban J connectivity index is 1.47. The largest absolute Gasteiger partial charge is 0.465 e. The van der Waals surface area contributed by atoms with E-state index in [1.165, 1.54) is 4.90 Å². The Bertz CT molecular complexity index is 882. The lowest BCUT2D eigenvalue weighted by atomic mass is 9.97. The number of nitrogens with zero attached hydrogens (tertiary/aromatic N) is 3. The van der Waals surface area contributed by atoms with E-state index >= 15 is 0 Å². The van der Waals surface area contributed by atoms with Gasteiger partial charge in [0.1, 0.15) is 0 Å². The maximum absolute atomic E-state index is 11.0. The summed E-state index contributed by atoms with van der Waals surface area (Å²) in [5, 5.41) is 13.1. The number of aromatic nitrogens is 2. The molecule has 0 aliphatic carbocycles. The highest BCUT2D eigenvalue weighted by Gasteiger charge is 2.27. The second-order valence-corrected chi connectivity index (χ2v) is 6.44. The molecule has 132 valence electrons. The molecular weight excluding hydrogens is 330 g/mol. The highest BCUT2D eigenvalue weighted by molar-refractivity contribution is 5.67. The average molecular weight is 349 g/mol. The number of hydrogen-bond acceptors (Lipinski definition) is 4. The predicted molar refractivity (Wildman–Crippen MR) is 96.7 cm³/mol. The van der Waals surface area contributed by atoms with Crippen LogP contribution in [0.15, 0.2) is 59.1 Å². The summed E-state index contributed by atoms with van der Waals surface area (Å²) in [6.07, 6.45) is 0.551. The van der Waals surface area contributed by atoms with Gasteiger partial charge < -0.3 is 14.5 Å². The van der Waals surface area contributed by atoms with Crippen LogP contribution in [-0.2, 0) is 0 Å². The maximum Gasteiger partial charge on any atom is 0.407 e. The van der Waals surface area contributed by atoms with E-state index in [0.717, 1.165) is 16.7 Å². The summed E-state index contributed by atoms with van der Waals surface area (Å²) >= 11 is 0. The standard InChI is InChI=1S/C20H19N3O3/c24-20(25)23-12-10-17(11-13-23)19-21-18(22-26-19)16-8-6-15(7-9-16)14-4-2-1-3-5-14/h1-9,17H,10-13H2,(H,24,25). The van der Waals surface area contributed by atoms with Gasteiger partial charge in [-0.2, -0.15) is 4.98 Å². The van der Waals surface area contributed by atoms with Crippen molar-refractivity contribution in [3.8, 4) is 22.5 Å². The van der Waals surface area contributed by atoms with Crippen LogP contribution in [0, 0.1) is 0 Å². The van der Waals surface area contributed by atoms with E-state index in [-0.39, 0.29) is 5.92 Å². The Morgan fingerprint density at radius 1 is 0.962 bits per heavy atom. The Hall–Kier alpha value is -3.15. The molecule has 26 heavy (non-hydrogen) atoms. The maximum atomic E-state index is 11.0. The van der Waals surface area contributed by atoms with Gasteiger partial charge in [0.15, 0.2) is 0 Å². The van der Waals surface area contributed by atoms with Gasteiger partial charge in [0.25, 0.3) is 0 Å². The molecule has 1 aromatic heterocycles. The van der Waals surface area contributed by atoms with Gasteiger partial charge in [-0.05, 0) is 24.0 Å². The first-order valence-corrected chi connectivity index (χ1v) is 8.68. The van der Waals surface area contributed by atoms with Gasteiger partial charge in [0, 0.05) is 24.6 Å². The summed E-state index contributed by atoms with van der Waals surface area (Å²) in [5.41, 5.74) is 3.21. The molecule has 1 N–H and O–H groups in total. The van der Waals surface area contributed by atoms with Crippen molar-refractivity contribution in [3.05, 3.63) is 60.5 Å². The molecule has 4 rings (SSSR count). The average Bonchev–Trinajstić information content (AvgIpc) is 3.19. The van der Waals surface area contributed by atoms with Crippen LogP contribution in [0.3, 0.4) is 0 Å². The molecule has 0 radical (unpaired) electrons. The van der Waals surface area contributed by atoms with E-state index in [2.05, 4.69) is 22.3 Å². The van der Waals surface area contributed by atoms with Crippen molar-refractivity contribution in [1.29, 1.82) is 0 Å². The minimum Gasteiger partial charge on any atom is -0.465 e. The molecule has 1 aliphatic rings. The molecule has 1 saturated heterocycles. The van der Waals surface area contributed by atoms with Crippen molar-refractivity contribution in [1.82, 2.24) is 15.0 Å². The first-order valence-electron chi connectivity index (χ1n) is 8.68. The molecule has 1 fully saturated rings. The van der Waals surface area contributed by atoms with Gasteiger partial charge in [-0.25, -0.2) is 4.79 Å². The number of benzene rings is 2. The van der Waals surface area contributed by atoms with Crippen LogP contribution >= 0.6 is 0 Å². The number of carbonyl (C=O) groups is 1. The van der Waals surface area contributed by atoms with E-state index < -0.39 is 6.09 Å². The molecule has 0 saturated carbocycles. The summed E-state index contributed by atoms with van der Waals surface area (Å²) in [6.45, 7) is 1.01. The molecule has 2 aromatic carbocycles. The predicted octanol–water partition coefficient (Wildman–Crippen LogP) is 4.26. The third-order valence-corrected chi connectivity index (χ3v) is 4.81. The quantitative estimate of drug-likeness (QED) is 0.764. The first-order chi connectivity index (χ1) is 12.7. The molecule has 0 spiro atoms. The number of piperidine rings is 1. The molecule has 2 heterocycles. The van der Waals surface area contributed by atoms with Crippen LogP contribution in [-0.4, -0.2) is 39.3 Å². The fourth-order valence-corrected chi connectivity index (χ4v) is 3.28. The highest BCUT2D eigenvalue weighted by atomic mass is 16.5. The van der Waals surface area contributed by atoms with Crippen LogP contribution in [0.4, 0.5) is 4.79 Å². The lowest BCUT2D eigenvalue weighted by Crippen LogP contribution is -2.36. The monoisotopic (exact) mass is 349 g/mol. The number of amides is 1. The number of likely N-dealkylation sites (tertiary alicyclic amines) is 1. The fourth-order valence-electron chi connectivity index (χ4n) is 3.28. The minimum atomic E-state index is -0.867. The van der Waals surface area contributed by atoms with Gasteiger partial charge in [0.2, 0.25) is 11.7 Å². The zero-order chi connectivity index (χ0) is 17.9. The smallest absolute Gasteiger partial charge is 0.407 e. The second kappa shape index (κ2) is 7.00. The molecule has 0 bridgehead atoms. The Labute approximate surface area is 151 Å². The van der Waals surface area contributed by atoms with E-state index in [1.54, 1.807) is 0 Å². The van der Waals surface area contributed by atoms with Crippen molar-refractivity contribution in [2.24, 2.45) is 0 Å². The Morgan fingerprint density at radius 3 is 2.23 bits per heavy atom. The normalized spacial score (nSPS) is 15.2.